The molecule has 1 aliphatic carbocycles. The quantitative estimate of drug-likeness (QED) is 0.378. The van der Waals surface area contributed by atoms with Crippen LogP contribution in [0.25, 0.3) is 0 Å². The minimum Gasteiger partial charge on any atom is -0.390 e. The number of anilines is 2. The first-order valence-electron chi connectivity index (χ1n) is 11.2. The Morgan fingerprint density at radius 1 is 1.37 bits per heavy atom. The van der Waals surface area contributed by atoms with Gasteiger partial charge in [0.25, 0.3) is 0 Å². The van der Waals surface area contributed by atoms with Gasteiger partial charge in [-0.25, -0.2) is 14.4 Å². The molecule has 1 saturated carbocycles. The van der Waals surface area contributed by atoms with Gasteiger partial charge in [-0.2, -0.15) is 5.10 Å². The van der Waals surface area contributed by atoms with Crippen molar-refractivity contribution in [2.75, 3.05) is 17.3 Å². The molecule has 1 fully saturated rings. The highest BCUT2D eigenvalue weighted by Crippen LogP contribution is 2.31. The third kappa shape index (κ3) is 5.12. The lowest BCUT2D eigenvalue weighted by Gasteiger charge is -2.18. The SMILES string of the molecule is C=CC(=O)N(C)c1cccc(Cn2ccc(C(=O)c3cncnc3N[C@@H]3C[C@@H](C)[C@@H](O)[C@@H]3F)n2)c1. The van der Waals surface area contributed by atoms with Gasteiger partial charge < -0.3 is 15.3 Å². The Kier molecular flexibility index (Phi) is 7.02. The monoisotopic (exact) mass is 478 g/mol. The summed E-state index contributed by atoms with van der Waals surface area (Å²) < 4.78 is 16.1. The zero-order valence-electron chi connectivity index (χ0n) is 19.5. The van der Waals surface area contributed by atoms with Gasteiger partial charge in [-0.3, -0.25) is 14.3 Å². The fraction of sp³-hybridized carbons (Fsp3) is 0.320. The van der Waals surface area contributed by atoms with Crippen molar-refractivity contribution in [3.05, 3.63) is 78.5 Å². The molecule has 0 radical (unpaired) electrons. The Balaban J connectivity index is 1.50. The molecule has 4 rings (SSSR count). The van der Waals surface area contributed by atoms with Gasteiger partial charge in [0.2, 0.25) is 11.7 Å². The van der Waals surface area contributed by atoms with E-state index < -0.39 is 24.1 Å². The van der Waals surface area contributed by atoms with Crippen LogP contribution in [-0.2, 0) is 11.3 Å². The highest BCUT2D eigenvalue weighted by atomic mass is 19.1. The van der Waals surface area contributed by atoms with Gasteiger partial charge in [-0.1, -0.05) is 25.6 Å². The maximum absolute atomic E-state index is 14.4. The average Bonchev–Trinajstić information content (AvgIpc) is 3.43. The van der Waals surface area contributed by atoms with E-state index in [-0.39, 0.29) is 28.9 Å². The molecular weight excluding hydrogens is 451 g/mol. The summed E-state index contributed by atoms with van der Waals surface area (Å²) in [5.74, 6) is -0.619. The number of likely N-dealkylation sites (N-methyl/N-ethyl adjacent to an activating group) is 1. The molecule has 0 bridgehead atoms. The molecule has 9 nitrogen and oxygen atoms in total. The van der Waals surface area contributed by atoms with Crippen LogP contribution in [0.3, 0.4) is 0 Å². The second kappa shape index (κ2) is 10.1. The van der Waals surface area contributed by atoms with Crippen LogP contribution in [0.2, 0.25) is 0 Å². The predicted molar refractivity (Wildman–Crippen MR) is 129 cm³/mol. The number of aliphatic hydroxyl groups is 1. The molecular formula is C25H27FN6O3. The molecule has 1 aromatic carbocycles. The zero-order valence-corrected chi connectivity index (χ0v) is 19.5. The largest absolute Gasteiger partial charge is 0.390 e. The van der Waals surface area contributed by atoms with Gasteiger partial charge in [0.15, 0.2) is 0 Å². The first kappa shape index (κ1) is 24.2. The van der Waals surface area contributed by atoms with Crippen LogP contribution >= 0.6 is 0 Å². The Hall–Kier alpha value is -3.92. The molecule has 3 aromatic rings. The first-order valence-corrected chi connectivity index (χ1v) is 11.2. The number of benzene rings is 1. The van der Waals surface area contributed by atoms with Crippen molar-refractivity contribution < 1.29 is 19.1 Å². The molecule has 0 saturated heterocycles. The van der Waals surface area contributed by atoms with Crippen LogP contribution in [0.1, 0.15) is 35.0 Å². The maximum Gasteiger partial charge on any atom is 0.250 e. The van der Waals surface area contributed by atoms with Crippen LogP contribution in [0.5, 0.6) is 0 Å². The summed E-state index contributed by atoms with van der Waals surface area (Å²) in [4.78, 5) is 34.6. The average molecular weight is 479 g/mol. The van der Waals surface area contributed by atoms with Crippen molar-refractivity contribution in [3.8, 4) is 0 Å². The number of aromatic nitrogens is 4. The van der Waals surface area contributed by atoms with Crippen molar-refractivity contribution in [3.63, 3.8) is 0 Å². The number of nitrogens with one attached hydrogen (secondary N) is 1. The number of hydrogen-bond donors (Lipinski definition) is 2. The van der Waals surface area contributed by atoms with Crippen molar-refractivity contribution in [2.45, 2.75) is 38.2 Å². The Bertz CT molecular complexity index is 1250. The second-order valence-electron chi connectivity index (χ2n) is 8.68. The molecule has 2 N–H and O–H groups in total. The summed E-state index contributed by atoms with van der Waals surface area (Å²) in [6.07, 6.45) is 3.48. The van der Waals surface area contributed by atoms with E-state index >= 15 is 0 Å². The highest BCUT2D eigenvalue weighted by molar-refractivity contribution is 6.10. The van der Waals surface area contributed by atoms with Crippen LogP contribution in [0, 0.1) is 5.92 Å². The molecule has 10 heteroatoms. The number of hydrogen-bond acceptors (Lipinski definition) is 7. The van der Waals surface area contributed by atoms with Gasteiger partial charge in [0.1, 0.15) is 24.0 Å². The fourth-order valence-electron chi connectivity index (χ4n) is 4.17. The standard InChI is InChI=1S/C25H27FN6O3/c1-4-21(33)31(3)17-7-5-6-16(11-17)13-32-9-8-19(30-32)24(35)18-12-27-14-28-25(18)29-20-10-15(2)23(34)22(20)26/h4-9,11-12,14-15,20,22-23,34H,1,10,13H2,2-3H3,(H,27,28,29)/t15-,20-,22-,23-/m1/s1. The van der Waals surface area contributed by atoms with E-state index in [0.717, 1.165) is 5.56 Å². The van der Waals surface area contributed by atoms with E-state index in [1.807, 2.05) is 24.3 Å². The number of carbonyl (C=O) groups is 2. The van der Waals surface area contributed by atoms with Crippen molar-refractivity contribution in [1.82, 2.24) is 19.7 Å². The van der Waals surface area contributed by atoms with Crippen molar-refractivity contribution in [2.24, 2.45) is 5.92 Å². The predicted octanol–water partition coefficient (Wildman–Crippen LogP) is 2.62. The van der Waals surface area contributed by atoms with E-state index in [1.165, 1.54) is 23.5 Å². The van der Waals surface area contributed by atoms with Crippen molar-refractivity contribution in [1.29, 1.82) is 0 Å². The number of alkyl halides is 1. The normalized spacial score (nSPS) is 21.5. The maximum atomic E-state index is 14.4. The molecule has 0 aliphatic heterocycles. The third-order valence-electron chi connectivity index (χ3n) is 6.22. The van der Waals surface area contributed by atoms with E-state index in [0.29, 0.717) is 18.7 Å². The summed E-state index contributed by atoms with van der Waals surface area (Å²) >= 11 is 0. The summed E-state index contributed by atoms with van der Waals surface area (Å²) in [7, 11) is 1.67. The number of rotatable bonds is 8. The molecule has 4 atom stereocenters. The topological polar surface area (TPSA) is 113 Å². The summed E-state index contributed by atoms with van der Waals surface area (Å²) in [5.41, 5.74) is 1.97. The Labute approximate surface area is 202 Å². The van der Waals surface area contributed by atoms with E-state index in [9.17, 15) is 19.1 Å². The summed E-state index contributed by atoms with van der Waals surface area (Å²) in [6, 6.07) is 8.36. The van der Waals surface area contributed by atoms with Crippen LogP contribution in [0.15, 0.2) is 61.7 Å². The summed E-state index contributed by atoms with van der Waals surface area (Å²) in [5, 5.41) is 17.3. The minimum atomic E-state index is -1.46. The van der Waals surface area contributed by atoms with Gasteiger partial charge in [-0.05, 0) is 42.2 Å². The van der Waals surface area contributed by atoms with Crippen molar-refractivity contribution >= 4 is 23.2 Å². The molecule has 35 heavy (non-hydrogen) atoms. The highest BCUT2D eigenvalue weighted by Gasteiger charge is 2.41. The number of amides is 1. The first-order chi connectivity index (χ1) is 16.8. The van der Waals surface area contributed by atoms with E-state index in [1.54, 1.807) is 30.9 Å². The number of aliphatic hydroxyl groups excluding tert-OH is 1. The summed E-state index contributed by atoms with van der Waals surface area (Å²) in [6.45, 7) is 5.67. The van der Waals surface area contributed by atoms with Gasteiger partial charge in [0, 0.05) is 25.1 Å². The van der Waals surface area contributed by atoms with Gasteiger partial charge in [0.05, 0.1) is 24.3 Å². The third-order valence-corrected chi connectivity index (χ3v) is 6.22. The van der Waals surface area contributed by atoms with Crippen LogP contribution in [0.4, 0.5) is 15.9 Å². The van der Waals surface area contributed by atoms with Gasteiger partial charge >= 0.3 is 0 Å². The zero-order chi connectivity index (χ0) is 25.1. The number of halogens is 1. The Morgan fingerprint density at radius 3 is 2.89 bits per heavy atom. The Morgan fingerprint density at radius 2 is 2.17 bits per heavy atom. The van der Waals surface area contributed by atoms with E-state index in [4.69, 9.17) is 0 Å². The van der Waals surface area contributed by atoms with Crippen LogP contribution in [-0.4, -0.2) is 61.9 Å². The molecule has 2 aromatic heterocycles. The minimum absolute atomic E-state index is 0.172. The molecule has 1 aliphatic rings. The number of carbonyl (C=O) groups excluding carboxylic acids is 2. The molecule has 0 spiro atoms. The second-order valence-corrected chi connectivity index (χ2v) is 8.68. The lowest BCUT2D eigenvalue weighted by Crippen LogP contribution is -2.32. The van der Waals surface area contributed by atoms with Crippen LogP contribution < -0.4 is 10.2 Å². The fourth-order valence-corrected chi connectivity index (χ4v) is 4.17. The molecule has 2 heterocycles. The molecule has 1 amide bonds. The molecule has 0 unspecified atom stereocenters. The number of nitrogens with zero attached hydrogens (tertiary/aromatic N) is 5. The van der Waals surface area contributed by atoms with Gasteiger partial charge in [-0.15, -0.1) is 0 Å². The van der Waals surface area contributed by atoms with E-state index in [2.05, 4.69) is 27.0 Å². The molecule has 182 valence electrons. The number of ketones is 1. The smallest absolute Gasteiger partial charge is 0.250 e. The lowest BCUT2D eigenvalue weighted by molar-refractivity contribution is -0.113. The lowest BCUT2D eigenvalue weighted by atomic mass is 10.1.